The lowest BCUT2D eigenvalue weighted by Gasteiger charge is -2.09. The van der Waals surface area contributed by atoms with Crippen LogP contribution < -0.4 is 5.73 Å². The van der Waals surface area contributed by atoms with Crippen LogP contribution in [-0.4, -0.2) is 18.6 Å². The van der Waals surface area contributed by atoms with Gasteiger partial charge in [-0.3, -0.25) is 5.73 Å². The van der Waals surface area contributed by atoms with Crippen molar-refractivity contribution in [1.29, 1.82) is 0 Å². The van der Waals surface area contributed by atoms with Crippen LogP contribution in [0.3, 0.4) is 0 Å². The first-order valence-electron chi connectivity index (χ1n) is 2.40. The van der Waals surface area contributed by atoms with Gasteiger partial charge in [-0.2, -0.15) is 0 Å². The molecular formula is C5H8F3N. The standard InChI is InChI=1S/C5H8F3N/c1-2-3(6)4(7)5(8)9/h2-5H,1,9H2. The average Bonchev–Trinajstić information content (AvgIpc) is 1.84. The molecule has 0 fully saturated rings. The van der Waals surface area contributed by atoms with Gasteiger partial charge in [0.2, 0.25) is 0 Å². The molecule has 0 aliphatic carbocycles. The van der Waals surface area contributed by atoms with Crippen molar-refractivity contribution in [1.82, 2.24) is 0 Å². The van der Waals surface area contributed by atoms with Crippen molar-refractivity contribution in [2.45, 2.75) is 18.6 Å². The van der Waals surface area contributed by atoms with Crippen LogP contribution in [0.2, 0.25) is 0 Å². The number of halogens is 3. The zero-order valence-electron chi connectivity index (χ0n) is 4.73. The highest BCUT2D eigenvalue weighted by Gasteiger charge is 2.23. The summed E-state index contributed by atoms with van der Waals surface area (Å²) >= 11 is 0. The lowest BCUT2D eigenvalue weighted by molar-refractivity contribution is 0.109. The summed E-state index contributed by atoms with van der Waals surface area (Å²) in [7, 11) is 0. The molecule has 0 amide bonds. The van der Waals surface area contributed by atoms with Crippen molar-refractivity contribution in [3.63, 3.8) is 0 Å². The maximum atomic E-state index is 12.0. The van der Waals surface area contributed by atoms with Crippen LogP contribution >= 0.6 is 0 Å². The first kappa shape index (κ1) is 8.49. The fraction of sp³-hybridized carbons (Fsp3) is 0.600. The molecule has 0 rings (SSSR count). The van der Waals surface area contributed by atoms with Gasteiger partial charge in [-0.25, -0.2) is 13.2 Å². The molecule has 4 heteroatoms. The molecule has 0 aromatic carbocycles. The molecule has 0 aliphatic rings. The topological polar surface area (TPSA) is 26.0 Å². The normalized spacial score (nSPS) is 20.4. The molecule has 0 saturated carbocycles. The Morgan fingerprint density at radius 1 is 1.33 bits per heavy atom. The summed E-state index contributed by atoms with van der Waals surface area (Å²) < 4.78 is 35.6. The van der Waals surface area contributed by atoms with E-state index in [0.29, 0.717) is 6.08 Å². The summed E-state index contributed by atoms with van der Waals surface area (Å²) in [6.45, 7) is 2.93. The number of rotatable bonds is 3. The molecule has 0 aliphatic heterocycles. The zero-order valence-corrected chi connectivity index (χ0v) is 4.73. The smallest absolute Gasteiger partial charge is 0.183 e. The fourth-order valence-corrected chi connectivity index (χ4v) is 0.306. The Kier molecular flexibility index (Phi) is 3.30. The first-order chi connectivity index (χ1) is 4.09. The number of hydrogen-bond acceptors (Lipinski definition) is 1. The maximum absolute atomic E-state index is 12.0. The van der Waals surface area contributed by atoms with E-state index >= 15 is 0 Å². The van der Waals surface area contributed by atoms with Crippen molar-refractivity contribution in [2.75, 3.05) is 0 Å². The average molecular weight is 139 g/mol. The number of hydrogen-bond donors (Lipinski definition) is 1. The summed E-state index contributed by atoms with van der Waals surface area (Å²) in [5, 5.41) is 0. The van der Waals surface area contributed by atoms with E-state index in [4.69, 9.17) is 0 Å². The van der Waals surface area contributed by atoms with Gasteiger partial charge in [-0.05, 0) is 0 Å². The Morgan fingerprint density at radius 3 is 1.89 bits per heavy atom. The summed E-state index contributed by atoms with van der Waals surface area (Å²) in [6.07, 6.45) is -5.89. The minimum atomic E-state index is -2.29. The summed E-state index contributed by atoms with van der Waals surface area (Å²) in [4.78, 5) is 0. The van der Waals surface area contributed by atoms with Crippen molar-refractivity contribution >= 4 is 0 Å². The minimum absolute atomic E-state index is 0.671. The van der Waals surface area contributed by atoms with Crippen molar-refractivity contribution in [3.05, 3.63) is 12.7 Å². The monoisotopic (exact) mass is 139 g/mol. The zero-order chi connectivity index (χ0) is 7.44. The lowest BCUT2D eigenvalue weighted by atomic mass is 10.2. The minimum Gasteiger partial charge on any atom is -0.299 e. The quantitative estimate of drug-likeness (QED) is 0.460. The van der Waals surface area contributed by atoms with Crippen LogP contribution in [0.1, 0.15) is 0 Å². The van der Waals surface area contributed by atoms with Crippen molar-refractivity contribution < 1.29 is 13.2 Å². The Balaban J connectivity index is 3.71. The third-order valence-corrected chi connectivity index (χ3v) is 0.834. The van der Waals surface area contributed by atoms with E-state index in [0.717, 1.165) is 0 Å². The van der Waals surface area contributed by atoms with Gasteiger partial charge in [-0.15, -0.1) is 6.58 Å². The van der Waals surface area contributed by atoms with E-state index in [9.17, 15) is 13.2 Å². The van der Waals surface area contributed by atoms with Gasteiger partial charge < -0.3 is 0 Å². The summed E-state index contributed by atoms with van der Waals surface area (Å²) in [5.74, 6) is 0. The largest absolute Gasteiger partial charge is 0.299 e. The Hall–Kier alpha value is -0.510. The molecule has 0 aromatic rings. The van der Waals surface area contributed by atoms with Gasteiger partial charge in [0.05, 0.1) is 0 Å². The van der Waals surface area contributed by atoms with E-state index in [1.54, 1.807) is 0 Å². The third-order valence-electron chi connectivity index (χ3n) is 0.834. The Bertz CT molecular complexity index is 94.2. The number of alkyl halides is 3. The third kappa shape index (κ3) is 2.51. The molecule has 0 radical (unpaired) electrons. The molecule has 3 atom stereocenters. The second-order valence-electron chi connectivity index (χ2n) is 1.57. The van der Waals surface area contributed by atoms with Gasteiger partial charge in [-0.1, -0.05) is 6.08 Å². The Morgan fingerprint density at radius 2 is 1.78 bits per heavy atom. The molecule has 0 bridgehead atoms. The van der Waals surface area contributed by atoms with Gasteiger partial charge in [0, 0.05) is 0 Å². The van der Waals surface area contributed by atoms with Crippen LogP contribution in [0.25, 0.3) is 0 Å². The maximum Gasteiger partial charge on any atom is 0.183 e. The highest BCUT2D eigenvalue weighted by molar-refractivity contribution is 4.87. The molecule has 2 N–H and O–H groups in total. The van der Waals surface area contributed by atoms with Crippen LogP contribution in [0.15, 0.2) is 12.7 Å². The van der Waals surface area contributed by atoms with E-state index < -0.39 is 18.6 Å². The molecule has 0 saturated heterocycles. The molecule has 0 heterocycles. The van der Waals surface area contributed by atoms with E-state index in [2.05, 4.69) is 12.3 Å². The van der Waals surface area contributed by atoms with Crippen LogP contribution in [-0.2, 0) is 0 Å². The van der Waals surface area contributed by atoms with Crippen molar-refractivity contribution in [2.24, 2.45) is 5.73 Å². The van der Waals surface area contributed by atoms with Gasteiger partial charge in [0.1, 0.15) is 0 Å². The Labute approximate surface area is 51.3 Å². The number of nitrogens with two attached hydrogens (primary N) is 1. The van der Waals surface area contributed by atoms with Crippen molar-refractivity contribution in [3.8, 4) is 0 Å². The van der Waals surface area contributed by atoms with Crippen LogP contribution in [0, 0.1) is 0 Å². The van der Waals surface area contributed by atoms with Crippen LogP contribution in [0.4, 0.5) is 13.2 Å². The summed E-state index contributed by atoms with van der Waals surface area (Å²) in [6, 6.07) is 0. The second-order valence-corrected chi connectivity index (χ2v) is 1.57. The summed E-state index contributed by atoms with van der Waals surface area (Å²) in [5.41, 5.74) is 4.38. The molecule has 1 nitrogen and oxygen atoms in total. The first-order valence-corrected chi connectivity index (χ1v) is 2.40. The highest BCUT2D eigenvalue weighted by atomic mass is 19.2. The molecule has 0 spiro atoms. The van der Waals surface area contributed by atoms with Gasteiger partial charge in [0.25, 0.3) is 0 Å². The van der Waals surface area contributed by atoms with E-state index in [-0.39, 0.29) is 0 Å². The van der Waals surface area contributed by atoms with Crippen LogP contribution in [0.5, 0.6) is 0 Å². The molecule has 3 unspecified atom stereocenters. The highest BCUT2D eigenvalue weighted by Crippen LogP contribution is 2.08. The molecule has 54 valence electrons. The molecular weight excluding hydrogens is 131 g/mol. The fourth-order valence-electron chi connectivity index (χ4n) is 0.306. The van der Waals surface area contributed by atoms with Gasteiger partial charge >= 0.3 is 0 Å². The second kappa shape index (κ2) is 3.50. The van der Waals surface area contributed by atoms with E-state index in [1.165, 1.54) is 0 Å². The SMILES string of the molecule is C=CC(F)C(F)C(N)F. The predicted octanol–water partition coefficient (Wildman–Crippen LogP) is 1.10. The predicted molar refractivity (Wildman–Crippen MR) is 29.1 cm³/mol. The van der Waals surface area contributed by atoms with Gasteiger partial charge in [0.15, 0.2) is 18.6 Å². The molecule has 9 heavy (non-hydrogen) atoms. The lowest BCUT2D eigenvalue weighted by Crippen LogP contribution is -2.33. The van der Waals surface area contributed by atoms with E-state index in [1.807, 2.05) is 0 Å². The molecule has 0 aromatic heterocycles. The number of allylic oxidation sites excluding steroid dienone is 1.